The average molecular weight is 479 g/mol. The molecule has 0 fully saturated rings. The van der Waals surface area contributed by atoms with Crippen LogP contribution in [0, 0.1) is 13.5 Å². The van der Waals surface area contributed by atoms with Crippen molar-refractivity contribution in [3.63, 3.8) is 0 Å². The Morgan fingerprint density at radius 3 is 2.45 bits per heavy atom. The molecule has 0 aliphatic carbocycles. The van der Waals surface area contributed by atoms with Crippen LogP contribution in [0.3, 0.4) is 0 Å². The highest BCUT2D eigenvalue weighted by Gasteiger charge is 2.36. The molecule has 0 unspecified atom stereocenters. The molecular formula is C21H23BrN2O4S. The molecule has 0 saturated heterocycles. The zero-order chi connectivity index (χ0) is 21.7. The molecule has 0 aliphatic heterocycles. The average Bonchev–Trinajstić information content (AvgIpc) is 2.66. The SMILES string of the molecule is [C-]#[N+]c1ccc(CC(=O)[C@@](C)(O)CS(=O)(=O)c2ccc(NCCBr)cc2)cc1C. The first-order valence-corrected chi connectivity index (χ1v) is 11.7. The maximum atomic E-state index is 12.7. The summed E-state index contributed by atoms with van der Waals surface area (Å²) in [4.78, 5) is 16.0. The van der Waals surface area contributed by atoms with Gasteiger partial charge in [0.1, 0.15) is 5.60 Å². The molecule has 0 bridgehead atoms. The number of rotatable bonds is 9. The number of ketones is 1. The number of hydrogen-bond acceptors (Lipinski definition) is 5. The number of anilines is 1. The Balaban J connectivity index is 2.12. The van der Waals surface area contributed by atoms with Gasteiger partial charge in [-0.05, 0) is 49.2 Å². The zero-order valence-electron chi connectivity index (χ0n) is 16.3. The molecule has 0 aromatic heterocycles. The van der Waals surface area contributed by atoms with Gasteiger partial charge in [0.25, 0.3) is 0 Å². The molecule has 0 radical (unpaired) electrons. The molecule has 6 nitrogen and oxygen atoms in total. The lowest BCUT2D eigenvalue weighted by atomic mass is 9.96. The van der Waals surface area contributed by atoms with Gasteiger partial charge in [-0.1, -0.05) is 34.1 Å². The highest BCUT2D eigenvalue weighted by molar-refractivity contribution is 9.09. The molecule has 0 heterocycles. The quantitative estimate of drug-likeness (QED) is 0.423. The summed E-state index contributed by atoms with van der Waals surface area (Å²) in [5.41, 5.74) is 0.595. The van der Waals surface area contributed by atoms with Crippen molar-refractivity contribution in [3.05, 3.63) is 65.0 Å². The van der Waals surface area contributed by atoms with Crippen molar-refractivity contribution in [3.8, 4) is 0 Å². The number of nitrogens with zero attached hydrogens (tertiary/aromatic N) is 1. The fourth-order valence-electron chi connectivity index (χ4n) is 2.83. The first-order chi connectivity index (χ1) is 13.6. The summed E-state index contributed by atoms with van der Waals surface area (Å²) in [5, 5.41) is 14.5. The van der Waals surface area contributed by atoms with E-state index < -0.39 is 27.0 Å². The van der Waals surface area contributed by atoms with Crippen LogP contribution in [0.25, 0.3) is 4.85 Å². The Morgan fingerprint density at radius 2 is 1.90 bits per heavy atom. The Hall–Kier alpha value is -2.21. The summed E-state index contributed by atoms with van der Waals surface area (Å²) >= 11 is 3.30. The first kappa shape index (κ1) is 23.1. The highest BCUT2D eigenvalue weighted by Crippen LogP contribution is 2.23. The van der Waals surface area contributed by atoms with Crippen LogP contribution in [0.15, 0.2) is 47.4 Å². The van der Waals surface area contributed by atoms with Gasteiger partial charge in [-0.25, -0.2) is 13.3 Å². The van der Waals surface area contributed by atoms with Gasteiger partial charge in [-0.2, -0.15) is 0 Å². The molecule has 154 valence electrons. The second-order valence-corrected chi connectivity index (χ2v) is 9.79. The van der Waals surface area contributed by atoms with Crippen LogP contribution in [-0.2, 0) is 21.1 Å². The molecule has 0 amide bonds. The van der Waals surface area contributed by atoms with E-state index in [4.69, 9.17) is 6.57 Å². The van der Waals surface area contributed by atoms with Crippen LogP contribution in [-0.4, -0.2) is 42.5 Å². The molecule has 29 heavy (non-hydrogen) atoms. The second-order valence-electron chi connectivity index (χ2n) is 7.01. The van der Waals surface area contributed by atoms with Gasteiger partial charge < -0.3 is 10.4 Å². The number of aryl methyl sites for hydroxylation is 1. The van der Waals surface area contributed by atoms with E-state index in [2.05, 4.69) is 26.1 Å². The fourth-order valence-corrected chi connectivity index (χ4v) is 4.65. The number of alkyl halides is 1. The van der Waals surface area contributed by atoms with E-state index in [9.17, 15) is 18.3 Å². The third-order valence-corrected chi connectivity index (χ3v) is 6.78. The van der Waals surface area contributed by atoms with Gasteiger partial charge in [-0.15, -0.1) is 0 Å². The van der Waals surface area contributed by atoms with Gasteiger partial charge in [0.2, 0.25) is 0 Å². The minimum atomic E-state index is -3.86. The lowest BCUT2D eigenvalue weighted by molar-refractivity contribution is -0.133. The van der Waals surface area contributed by atoms with E-state index in [1.165, 1.54) is 19.1 Å². The van der Waals surface area contributed by atoms with Crippen molar-refractivity contribution in [2.24, 2.45) is 0 Å². The number of sulfone groups is 1. The molecule has 1 atom stereocenters. The number of carbonyl (C=O) groups is 1. The molecule has 2 N–H and O–H groups in total. The van der Waals surface area contributed by atoms with Crippen molar-refractivity contribution in [2.75, 3.05) is 22.9 Å². The standard InChI is InChI=1S/C21H23BrN2O4S/c1-15-12-16(4-9-19(15)23-3)13-20(25)21(2,26)14-29(27,28)18-7-5-17(6-8-18)24-11-10-22/h4-9,12,24,26H,10-11,13-14H2,1-2H3/t21-/m0/s1. The van der Waals surface area contributed by atoms with Crippen molar-refractivity contribution in [2.45, 2.75) is 30.8 Å². The molecule has 0 aliphatic rings. The lowest BCUT2D eigenvalue weighted by Crippen LogP contribution is -2.43. The maximum absolute atomic E-state index is 12.7. The van der Waals surface area contributed by atoms with Gasteiger partial charge >= 0.3 is 0 Å². The number of carbonyl (C=O) groups excluding carboxylic acids is 1. The molecule has 2 aromatic rings. The normalized spacial score (nSPS) is 13.3. The van der Waals surface area contributed by atoms with Gasteiger partial charge in [0.05, 0.1) is 17.2 Å². The molecule has 2 aromatic carbocycles. The summed E-state index contributed by atoms with van der Waals surface area (Å²) in [6.07, 6.45) is -0.114. The van der Waals surface area contributed by atoms with E-state index in [-0.39, 0.29) is 11.3 Å². The molecule has 8 heteroatoms. The predicted octanol–water partition coefficient (Wildman–Crippen LogP) is 3.69. The minimum absolute atomic E-state index is 0.0484. The summed E-state index contributed by atoms with van der Waals surface area (Å²) in [6.45, 7) is 10.8. The molecule has 2 rings (SSSR count). The number of benzene rings is 2. The number of Topliss-reactive ketones (excluding diaryl/α,β-unsaturated/α-hetero) is 1. The van der Waals surface area contributed by atoms with Crippen LogP contribution in [0.4, 0.5) is 11.4 Å². The van der Waals surface area contributed by atoms with Crippen LogP contribution in [0.5, 0.6) is 0 Å². The van der Waals surface area contributed by atoms with E-state index >= 15 is 0 Å². The van der Waals surface area contributed by atoms with Gasteiger partial charge in [0, 0.05) is 24.0 Å². The maximum Gasteiger partial charge on any atom is 0.190 e. The third kappa shape index (κ3) is 6.13. The van der Waals surface area contributed by atoms with Crippen molar-refractivity contribution in [1.29, 1.82) is 0 Å². The highest BCUT2D eigenvalue weighted by atomic mass is 79.9. The van der Waals surface area contributed by atoms with Crippen LogP contribution in [0.2, 0.25) is 0 Å². The predicted molar refractivity (Wildman–Crippen MR) is 118 cm³/mol. The Labute approximate surface area is 179 Å². The Bertz CT molecular complexity index is 1030. The number of aliphatic hydroxyl groups is 1. The van der Waals surface area contributed by atoms with Crippen molar-refractivity contribution < 1.29 is 18.3 Å². The topological polar surface area (TPSA) is 87.8 Å². The third-order valence-electron chi connectivity index (χ3n) is 4.46. The fraction of sp³-hybridized carbons (Fsp3) is 0.333. The van der Waals surface area contributed by atoms with Crippen LogP contribution < -0.4 is 5.32 Å². The minimum Gasteiger partial charge on any atom is -0.384 e. The van der Waals surface area contributed by atoms with Crippen LogP contribution >= 0.6 is 15.9 Å². The number of hydrogen-bond donors (Lipinski definition) is 2. The summed E-state index contributed by atoms with van der Waals surface area (Å²) < 4.78 is 25.4. The van der Waals surface area contributed by atoms with E-state index in [0.717, 1.165) is 16.6 Å². The van der Waals surface area contributed by atoms with Crippen molar-refractivity contribution >= 4 is 42.9 Å². The molecule has 0 spiro atoms. The van der Waals surface area contributed by atoms with Gasteiger partial charge in [0.15, 0.2) is 21.3 Å². The van der Waals surface area contributed by atoms with Crippen LogP contribution in [0.1, 0.15) is 18.1 Å². The number of halogens is 1. The van der Waals surface area contributed by atoms with E-state index in [0.29, 0.717) is 17.8 Å². The van der Waals surface area contributed by atoms with E-state index in [1.54, 1.807) is 37.3 Å². The van der Waals surface area contributed by atoms with Crippen molar-refractivity contribution in [1.82, 2.24) is 0 Å². The zero-order valence-corrected chi connectivity index (χ0v) is 18.7. The summed E-state index contributed by atoms with van der Waals surface area (Å²) in [5.74, 6) is -1.29. The largest absolute Gasteiger partial charge is 0.384 e. The van der Waals surface area contributed by atoms with E-state index in [1.807, 2.05) is 0 Å². The first-order valence-electron chi connectivity index (χ1n) is 8.94. The molecule has 0 saturated carbocycles. The molecular weight excluding hydrogens is 456 g/mol. The Kier molecular flexibility index (Phi) is 7.58. The summed E-state index contributed by atoms with van der Waals surface area (Å²) in [7, 11) is -3.86. The number of nitrogens with one attached hydrogen (secondary N) is 1. The summed E-state index contributed by atoms with van der Waals surface area (Å²) in [6, 6.07) is 11.2. The monoisotopic (exact) mass is 478 g/mol. The second kappa shape index (κ2) is 9.53. The smallest absolute Gasteiger partial charge is 0.190 e. The Morgan fingerprint density at radius 1 is 1.24 bits per heavy atom. The van der Waals surface area contributed by atoms with Gasteiger partial charge in [-0.3, -0.25) is 4.79 Å². The lowest BCUT2D eigenvalue weighted by Gasteiger charge is -2.22.